The largest absolute Gasteiger partial charge is 0.339 e. The first-order valence-electron chi connectivity index (χ1n) is 7.47. The highest BCUT2D eigenvalue weighted by atomic mass is 16.2. The normalized spacial score (nSPS) is 25.3. The van der Waals surface area contributed by atoms with Crippen molar-refractivity contribution in [2.24, 2.45) is 17.6 Å². The lowest BCUT2D eigenvalue weighted by molar-refractivity contribution is -0.140. The zero-order valence-electron chi connectivity index (χ0n) is 11.4. The van der Waals surface area contributed by atoms with Crippen molar-refractivity contribution in [3.8, 4) is 0 Å². The third-order valence-corrected chi connectivity index (χ3v) is 4.51. The van der Waals surface area contributed by atoms with Gasteiger partial charge in [0.1, 0.15) is 0 Å². The van der Waals surface area contributed by atoms with Crippen LogP contribution >= 0.6 is 0 Å². The molecule has 2 aliphatic carbocycles. The van der Waals surface area contributed by atoms with E-state index < -0.39 is 0 Å². The van der Waals surface area contributed by atoms with Crippen LogP contribution in [0.3, 0.4) is 0 Å². The molecule has 0 aromatic rings. The summed E-state index contributed by atoms with van der Waals surface area (Å²) in [6.45, 7) is 2.74. The first-order chi connectivity index (χ1) is 9.15. The Morgan fingerprint density at radius 1 is 1.00 bits per heavy atom. The highest BCUT2D eigenvalue weighted by Gasteiger charge is 2.36. The molecule has 3 aliphatic rings. The quantitative estimate of drug-likeness (QED) is 0.789. The fourth-order valence-electron chi connectivity index (χ4n) is 2.79. The van der Waals surface area contributed by atoms with Crippen LogP contribution in [0.4, 0.5) is 0 Å². The van der Waals surface area contributed by atoms with Crippen LogP contribution in [-0.4, -0.2) is 53.8 Å². The van der Waals surface area contributed by atoms with Gasteiger partial charge < -0.3 is 15.5 Å². The lowest BCUT2D eigenvalue weighted by Gasteiger charge is -2.35. The summed E-state index contributed by atoms with van der Waals surface area (Å²) in [5.41, 5.74) is 6.00. The smallest absolute Gasteiger partial charge is 0.225 e. The number of hydrogen-bond acceptors (Lipinski definition) is 3. The number of piperazine rings is 1. The summed E-state index contributed by atoms with van der Waals surface area (Å²) < 4.78 is 0. The molecule has 5 nitrogen and oxygen atoms in total. The number of carbonyl (C=O) groups excluding carboxylic acids is 2. The number of rotatable bonds is 4. The standard InChI is InChI=1S/C14H23N3O2/c15-12(10-1-2-10)9-13(18)16-5-7-17(8-6-16)14(19)11-3-4-11/h10-12H,1-9,15H2. The summed E-state index contributed by atoms with van der Waals surface area (Å²) in [4.78, 5) is 27.8. The maximum Gasteiger partial charge on any atom is 0.225 e. The van der Waals surface area contributed by atoms with Crippen molar-refractivity contribution in [2.75, 3.05) is 26.2 Å². The van der Waals surface area contributed by atoms with Crippen LogP contribution in [0.1, 0.15) is 32.1 Å². The van der Waals surface area contributed by atoms with E-state index in [1.165, 1.54) is 12.8 Å². The molecule has 106 valence electrons. The fourth-order valence-corrected chi connectivity index (χ4v) is 2.79. The molecule has 2 N–H and O–H groups in total. The van der Waals surface area contributed by atoms with Gasteiger partial charge >= 0.3 is 0 Å². The molecule has 1 saturated heterocycles. The average molecular weight is 265 g/mol. The van der Waals surface area contributed by atoms with E-state index in [9.17, 15) is 9.59 Å². The third kappa shape index (κ3) is 3.08. The molecule has 1 aliphatic heterocycles. The second-order valence-corrected chi connectivity index (χ2v) is 6.19. The Labute approximate surface area is 114 Å². The molecule has 1 unspecified atom stereocenters. The summed E-state index contributed by atoms with van der Waals surface area (Å²) in [7, 11) is 0. The van der Waals surface area contributed by atoms with Crippen LogP contribution in [0.15, 0.2) is 0 Å². The minimum Gasteiger partial charge on any atom is -0.339 e. The maximum absolute atomic E-state index is 12.1. The molecular formula is C14H23N3O2. The molecule has 3 fully saturated rings. The van der Waals surface area contributed by atoms with E-state index in [4.69, 9.17) is 5.73 Å². The molecule has 2 amide bonds. The number of nitrogens with zero attached hydrogens (tertiary/aromatic N) is 2. The van der Waals surface area contributed by atoms with Gasteiger partial charge in [0.05, 0.1) is 0 Å². The van der Waals surface area contributed by atoms with Crippen molar-refractivity contribution >= 4 is 11.8 Å². The van der Waals surface area contributed by atoms with Gasteiger partial charge in [-0.15, -0.1) is 0 Å². The van der Waals surface area contributed by atoms with Gasteiger partial charge in [-0.25, -0.2) is 0 Å². The molecule has 0 spiro atoms. The van der Waals surface area contributed by atoms with Gasteiger partial charge in [0.2, 0.25) is 11.8 Å². The predicted octanol–water partition coefficient (Wildman–Crippen LogP) is 0.195. The van der Waals surface area contributed by atoms with Gasteiger partial charge in [0.25, 0.3) is 0 Å². The lowest BCUT2D eigenvalue weighted by atomic mass is 10.1. The molecule has 1 heterocycles. The van der Waals surface area contributed by atoms with Crippen LogP contribution in [0, 0.1) is 11.8 Å². The van der Waals surface area contributed by atoms with Crippen molar-refractivity contribution in [1.82, 2.24) is 9.80 Å². The molecular weight excluding hydrogens is 242 g/mol. The first kappa shape index (κ1) is 12.9. The first-order valence-corrected chi connectivity index (χ1v) is 7.47. The zero-order valence-corrected chi connectivity index (χ0v) is 11.4. The molecule has 0 aromatic heterocycles. The monoisotopic (exact) mass is 265 g/mol. The van der Waals surface area contributed by atoms with E-state index in [0.29, 0.717) is 44.4 Å². The molecule has 0 aromatic carbocycles. The highest BCUT2D eigenvalue weighted by Crippen LogP contribution is 2.33. The van der Waals surface area contributed by atoms with Gasteiger partial charge in [0, 0.05) is 44.6 Å². The van der Waals surface area contributed by atoms with E-state index in [0.717, 1.165) is 12.8 Å². The van der Waals surface area contributed by atoms with Crippen LogP contribution in [0.2, 0.25) is 0 Å². The minimum atomic E-state index is 0.0404. The van der Waals surface area contributed by atoms with Crippen molar-refractivity contribution in [3.05, 3.63) is 0 Å². The number of hydrogen-bond donors (Lipinski definition) is 1. The summed E-state index contributed by atoms with van der Waals surface area (Å²) in [6, 6.07) is 0.0404. The van der Waals surface area contributed by atoms with Crippen molar-refractivity contribution in [1.29, 1.82) is 0 Å². The molecule has 2 saturated carbocycles. The van der Waals surface area contributed by atoms with Crippen LogP contribution in [-0.2, 0) is 9.59 Å². The molecule has 5 heteroatoms. The van der Waals surface area contributed by atoms with E-state index in [-0.39, 0.29) is 17.9 Å². The minimum absolute atomic E-state index is 0.0404. The van der Waals surface area contributed by atoms with E-state index >= 15 is 0 Å². The Bertz CT molecular complexity index is 369. The van der Waals surface area contributed by atoms with Crippen LogP contribution in [0.5, 0.6) is 0 Å². The second-order valence-electron chi connectivity index (χ2n) is 6.19. The average Bonchev–Trinajstić information content (AvgIpc) is 3.31. The predicted molar refractivity (Wildman–Crippen MR) is 71.2 cm³/mol. The van der Waals surface area contributed by atoms with Gasteiger partial charge in [0.15, 0.2) is 0 Å². The highest BCUT2D eigenvalue weighted by molar-refractivity contribution is 5.82. The summed E-state index contributed by atoms with van der Waals surface area (Å²) >= 11 is 0. The Kier molecular flexibility index (Phi) is 3.48. The van der Waals surface area contributed by atoms with Crippen molar-refractivity contribution < 1.29 is 9.59 Å². The Morgan fingerprint density at radius 3 is 2.11 bits per heavy atom. The second kappa shape index (κ2) is 5.12. The van der Waals surface area contributed by atoms with Crippen molar-refractivity contribution in [2.45, 2.75) is 38.1 Å². The summed E-state index contributed by atoms with van der Waals surface area (Å²) in [6.07, 6.45) is 4.93. The maximum atomic E-state index is 12.1. The molecule has 3 rings (SSSR count). The molecule has 19 heavy (non-hydrogen) atoms. The van der Waals surface area contributed by atoms with Gasteiger partial charge in [-0.2, -0.15) is 0 Å². The Morgan fingerprint density at radius 2 is 1.58 bits per heavy atom. The SMILES string of the molecule is NC(CC(=O)N1CCN(C(=O)C2CC2)CC1)C1CC1. The van der Waals surface area contributed by atoms with Crippen molar-refractivity contribution in [3.63, 3.8) is 0 Å². The van der Waals surface area contributed by atoms with E-state index in [2.05, 4.69) is 0 Å². The molecule has 1 atom stereocenters. The van der Waals surface area contributed by atoms with Gasteiger partial charge in [-0.1, -0.05) is 0 Å². The van der Waals surface area contributed by atoms with Crippen LogP contribution in [0.25, 0.3) is 0 Å². The summed E-state index contributed by atoms with van der Waals surface area (Å²) in [5, 5.41) is 0. The summed E-state index contributed by atoms with van der Waals surface area (Å²) in [5.74, 6) is 1.31. The Balaban J connectivity index is 1.43. The van der Waals surface area contributed by atoms with Crippen LogP contribution < -0.4 is 5.73 Å². The number of amides is 2. The van der Waals surface area contributed by atoms with Gasteiger partial charge in [-0.3, -0.25) is 9.59 Å². The third-order valence-electron chi connectivity index (χ3n) is 4.51. The topological polar surface area (TPSA) is 66.6 Å². The fraction of sp³-hybridized carbons (Fsp3) is 0.857. The van der Waals surface area contributed by atoms with E-state index in [1.807, 2.05) is 9.80 Å². The molecule has 0 radical (unpaired) electrons. The molecule has 0 bridgehead atoms. The number of nitrogens with two attached hydrogens (primary N) is 1. The number of carbonyl (C=O) groups is 2. The lowest BCUT2D eigenvalue weighted by Crippen LogP contribution is -2.51. The van der Waals surface area contributed by atoms with Gasteiger partial charge in [-0.05, 0) is 31.6 Å². The Hall–Kier alpha value is -1.10. The van der Waals surface area contributed by atoms with E-state index in [1.54, 1.807) is 0 Å². The zero-order chi connectivity index (χ0) is 13.4.